The Kier molecular flexibility index (Phi) is 5.80. The molecule has 0 fully saturated rings. The number of nitrogens with zero attached hydrogens (tertiary/aromatic N) is 1. The fraction of sp³-hybridized carbons (Fsp3) is 0.333. The Labute approximate surface area is 146 Å². The van der Waals surface area contributed by atoms with Crippen molar-refractivity contribution >= 4 is 23.4 Å². The summed E-state index contributed by atoms with van der Waals surface area (Å²) in [5.41, 5.74) is 3.09. The minimum atomic E-state index is -0.440. The van der Waals surface area contributed by atoms with E-state index >= 15 is 0 Å². The van der Waals surface area contributed by atoms with Crippen LogP contribution in [0.3, 0.4) is 0 Å². The van der Waals surface area contributed by atoms with E-state index in [4.69, 9.17) is 16.3 Å². The normalized spacial score (nSPS) is 10.9. The molecule has 128 valence electrons. The molecule has 0 aliphatic carbocycles. The number of hydrogen-bond donors (Lipinski definition) is 1. The Bertz CT molecular complexity index is 768. The summed E-state index contributed by atoms with van der Waals surface area (Å²) in [5.74, 6) is -0.523. The lowest BCUT2D eigenvalue weighted by molar-refractivity contribution is 0.0599. The number of carbonyl (C=O) groups is 2. The monoisotopic (exact) mass is 348 g/mol. The van der Waals surface area contributed by atoms with Crippen LogP contribution in [0, 0.1) is 13.8 Å². The van der Waals surface area contributed by atoms with Crippen LogP contribution in [0.15, 0.2) is 24.3 Å². The van der Waals surface area contributed by atoms with Crippen molar-refractivity contribution in [2.75, 3.05) is 20.7 Å². The van der Waals surface area contributed by atoms with E-state index in [0.717, 1.165) is 5.56 Å². The number of benzene rings is 1. The summed E-state index contributed by atoms with van der Waals surface area (Å²) < 4.78 is 4.77. The van der Waals surface area contributed by atoms with Crippen molar-refractivity contribution in [3.05, 3.63) is 57.4 Å². The highest BCUT2D eigenvalue weighted by Crippen LogP contribution is 2.20. The zero-order chi connectivity index (χ0) is 17.9. The van der Waals surface area contributed by atoms with Crippen molar-refractivity contribution in [1.82, 2.24) is 9.88 Å². The van der Waals surface area contributed by atoms with Crippen molar-refractivity contribution in [3.8, 4) is 0 Å². The summed E-state index contributed by atoms with van der Waals surface area (Å²) in [7, 11) is 3.18. The number of esters is 1. The average molecular weight is 349 g/mol. The number of aromatic nitrogens is 1. The lowest BCUT2D eigenvalue weighted by atomic mass is 10.1. The van der Waals surface area contributed by atoms with Crippen molar-refractivity contribution in [1.29, 1.82) is 0 Å². The maximum atomic E-state index is 12.6. The quantitative estimate of drug-likeness (QED) is 0.642. The second-order valence-electron chi connectivity index (χ2n) is 5.80. The Hall–Kier alpha value is -2.11. The maximum Gasteiger partial charge on any atom is 0.339 e. The van der Waals surface area contributed by atoms with Crippen LogP contribution >= 0.6 is 11.6 Å². The lowest BCUT2D eigenvalue weighted by Gasteiger charge is -2.16. The maximum absolute atomic E-state index is 12.6. The molecule has 24 heavy (non-hydrogen) atoms. The molecule has 0 unspecified atom stereocenters. The first-order chi connectivity index (χ1) is 11.3. The molecule has 0 aliphatic heterocycles. The molecule has 0 bridgehead atoms. The van der Waals surface area contributed by atoms with Gasteiger partial charge in [0.2, 0.25) is 0 Å². The Morgan fingerprint density at radius 2 is 1.92 bits per heavy atom. The van der Waals surface area contributed by atoms with Gasteiger partial charge in [0, 0.05) is 17.3 Å². The van der Waals surface area contributed by atoms with Crippen LogP contribution in [0.2, 0.25) is 5.02 Å². The number of nitrogens with one attached hydrogen (secondary N) is 1. The molecule has 0 spiro atoms. The van der Waals surface area contributed by atoms with Crippen LogP contribution in [0.1, 0.15) is 37.7 Å². The molecule has 1 heterocycles. The number of ether oxygens (including phenoxy) is 1. The van der Waals surface area contributed by atoms with Crippen molar-refractivity contribution in [2.24, 2.45) is 0 Å². The van der Waals surface area contributed by atoms with Gasteiger partial charge in [-0.1, -0.05) is 29.8 Å². The zero-order valence-electron chi connectivity index (χ0n) is 14.3. The van der Waals surface area contributed by atoms with E-state index in [1.54, 1.807) is 13.8 Å². The van der Waals surface area contributed by atoms with E-state index in [2.05, 4.69) is 4.98 Å². The number of carbonyl (C=O) groups excluding carboxylic acids is 2. The van der Waals surface area contributed by atoms with Crippen LogP contribution in [-0.4, -0.2) is 42.3 Å². The van der Waals surface area contributed by atoms with E-state index in [0.29, 0.717) is 34.1 Å². The van der Waals surface area contributed by atoms with Crippen LogP contribution in [0.4, 0.5) is 0 Å². The third-order valence-corrected chi connectivity index (χ3v) is 4.29. The molecule has 5 nitrogen and oxygen atoms in total. The molecule has 0 aliphatic rings. The Balaban J connectivity index is 2.13. The van der Waals surface area contributed by atoms with Gasteiger partial charge in [0.25, 0.3) is 0 Å². The number of likely N-dealkylation sites (N-methyl/N-ethyl adjacent to an activating group) is 1. The molecular weight excluding hydrogens is 328 g/mol. The topological polar surface area (TPSA) is 62.4 Å². The van der Waals surface area contributed by atoms with Crippen molar-refractivity contribution in [3.63, 3.8) is 0 Å². The van der Waals surface area contributed by atoms with Crippen LogP contribution in [0.5, 0.6) is 0 Å². The third-order valence-electron chi connectivity index (χ3n) is 3.92. The zero-order valence-corrected chi connectivity index (χ0v) is 15.0. The summed E-state index contributed by atoms with van der Waals surface area (Å²) in [6, 6.07) is 7.55. The number of hydrogen-bond acceptors (Lipinski definition) is 4. The highest BCUT2D eigenvalue weighted by molar-refractivity contribution is 6.31. The fourth-order valence-corrected chi connectivity index (χ4v) is 2.93. The van der Waals surface area contributed by atoms with Gasteiger partial charge in [0.1, 0.15) is 0 Å². The minimum Gasteiger partial charge on any atom is -0.465 e. The van der Waals surface area contributed by atoms with Gasteiger partial charge in [-0.2, -0.15) is 0 Å². The molecule has 6 heteroatoms. The van der Waals surface area contributed by atoms with Crippen molar-refractivity contribution < 1.29 is 14.3 Å². The van der Waals surface area contributed by atoms with Crippen molar-refractivity contribution in [2.45, 2.75) is 20.4 Å². The molecular formula is C18H21ClN2O3. The average Bonchev–Trinajstić information content (AvgIpc) is 2.83. The first-order valence-electron chi connectivity index (χ1n) is 7.57. The van der Waals surface area contributed by atoms with Gasteiger partial charge in [-0.25, -0.2) is 4.79 Å². The van der Waals surface area contributed by atoms with Gasteiger partial charge in [-0.05, 0) is 38.1 Å². The highest BCUT2D eigenvalue weighted by atomic mass is 35.5. The molecule has 1 aromatic heterocycles. The predicted octanol–water partition coefficient (Wildman–Crippen LogP) is 3.39. The predicted molar refractivity (Wildman–Crippen MR) is 93.7 cm³/mol. The van der Waals surface area contributed by atoms with E-state index in [9.17, 15) is 9.59 Å². The standard InChI is InChI=1S/C18H21ClN2O3/c1-11-16(18(23)24-4)12(2)20-17(11)15(22)10-21(3)9-13-7-5-6-8-14(13)19/h5-8,20H,9-10H2,1-4H3. The molecule has 2 rings (SSSR count). The van der Waals surface area contributed by atoms with E-state index in [-0.39, 0.29) is 12.3 Å². The molecule has 2 aromatic rings. The number of H-pyrrole nitrogens is 1. The number of aryl methyl sites for hydroxylation is 1. The fourth-order valence-electron chi connectivity index (χ4n) is 2.73. The molecule has 0 atom stereocenters. The number of methoxy groups -OCH3 is 1. The van der Waals surface area contributed by atoms with Crippen LogP contribution in [0.25, 0.3) is 0 Å². The summed E-state index contributed by atoms with van der Waals surface area (Å²) in [6.07, 6.45) is 0. The first-order valence-corrected chi connectivity index (χ1v) is 7.95. The highest BCUT2D eigenvalue weighted by Gasteiger charge is 2.23. The van der Waals surface area contributed by atoms with Crippen LogP contribution in [-0.2, 0) is 11.3 Å². The summed E-state index contributed by atoms with van der Waals surface area (Å²) in [4.78, 5) is 29.3. The van der Waals surface area contributed by atoms with E-state index < -0.39 is 5.97 Å². The molecule has 1 N–H and O–H groups in total. The summed E-state index contributed by atoms with van der Waals surface area (Å²) in [5, 5.41) is 0.677. The van der Waals surface area contributed by atoms with Crippen LogP contribution < -0.4 is 0 Å². The molecule has 1 aromatic carbocycles. The van der Waals surface area contributed by atoms with Gasteiger partial charge in [-0.15, -0.1) is 0 Å². The summed E-state index contributed by atoms with van der Waals surface area (Å²) in [6.45, 7) is 4.28. The molecule has 0 saturated heterocycles. The van der Waals surface area contributed by atoms with Gasteiger partial charge in [0.05, 0.1) is 24.9 Å². The summed E-state index contributed by atoms with van der Waals surface area (Å²) >= 11 is 6.15. The molecule has 0 radical (unpaired) electrons. The van der Waals surface area contributed by atoms with Gasteiger partial charge >= 0.3 is 5.97 Å². The van der Waals surface area contributed by atoms with E-state index in [1.807, 2.05) is 36.2 Å². The number of rotatable bonds is 6. The van der Waals surface area contributed by atoms with E-state index in [1.165, 1.54) is 7.11 Å². The van der Waals surface area contributed by atoms with Gasteiger partial charge in [-0.3, -0.25) is 9.69 Å². The molecule has 0 amide bonds. The Morgan fingerprint density at radius 1 is 1.25 bits per heavy atom. The first kappa shape index (κ1) is 18.2. The number of halogens is 1. The smallest absolute Gasteiger partial charge is 0.339 e. The molecule has 0 saturated carbocycles. The Morgan fingerprint density at radius 3 is 2.54 bits per heavy atom. The number of Topliss-reactive ketones (excluding diaryl/α,β-unsaturated/α-hetero) is 1. The second-order valence-corrected chi connectivity index (χ2v) is 6.21. The number of aromatic amines is 1. The second kappa shape index (κ2) is 7.64. The largest absolute Gasteiger partial charge is 0.465 e. The minimum absolute atomic E-state index is 0.0830. The lowest BCUT2D eigenvalue weighted by Crippen LogP contribution is -2.26. The van der Waals surface area contributed by atoms with Gasteiger partial charge in [0.15, 0.2) is 5.78 Å². The third kappa shape index (κ3) is 3.86. The number of ketones is 1. The van der Waals surface area contributed by atoms with Gasteiger partial charge < -0.3 is 9.72 Å². The SMILES string of the molecule is COC(=O)c1c(C)[nH]c(C(=O)CN(C)Cc2ccccc2Cl)c1C.